The van der Waals surface area contributed by atoms with Crippen LogP contribution in [-0.2, 0) is 16.2 Å². The lowest BCUT2D eigenvalue weighted by atomic mass is 10.1. The molecule has 0 bridgehead atoms. The van der Waals surface area contributed by atoms with Crippen LogP contribution in [0.2, 0.25) is 0 Å². The van der Waals surface area contributed by atoms with Gasteiger partial charge in [0.1, 0.15) is 10.6 Å². The fourth-order valence-electron chi connectivity index (χ4n) is 3.82. The van der Waals surface area contributed by atoms with E-state index in [4.69, 9.17) is 4.74 Å². The number of nitrogens with one attached hydrogen (secondary N) is 2. The molecule has 3 rings (SSSR count). The van der Waals surface area contributed by atoms with Crippen LogP contribution in [0.4, 0.5) is 24.5 Å². The van der Waals surface area contributed by atoms with Crippen molar-refractivity contribution >= 4 is 27.3 Å². The molecular formula is C23H28F3N3O4S. The summed E-state index contributed by atoms with van der Waals surface area (Å²) < 4.78 is 73.1. The fourth-order valence-corrected chi connectivity index (χ4v) is 5.27. The van der Waals surface area contributed by atoms with E-state index in [-0.39, 0.29) is 21.9 Å². The van der Waals surface area contributed by atoms with E-state index in [9.17, 15) is 26.4 Å². The normalized spacial score (nSPS) is 14.9. The smallest absolute Gasteiger partial charge is 0.416 e. The number of sulfonamides is 1. The van der Waals surface area contributed by atoms with Gasteiger partial charge in [0.15, 0.2) is 0 Å². The molecule has 1 aliphatic rings. The Morgan fingerprint density at radius 1 is 1.06 bits per heavy atom. The highest BCUT2D eigenvalue weighted by Crippen LogP contribution is 2.37. The van der Waals surface area contributed by atoms with E-state index in [1.54, 1.807) is 13.8 Å². The van der Waals surface area contributed by atoms with Crippen molar-refractivity contribution in [1.82, 2.24) is 4.72 Å². The van der Waals surface area contributed by atoms with E-state index in [1.165, 1.54) is 25.3 Å². The average molecular weight is 500 g/mol. The van der Waals surface area contributed by atoms with Crippen LogP contribution < -0.4 is 19.7 Å². The summed E-state index contributed by atoms with van der Waals surface area (Å²) in [5, 5.41) is 2.56. The number of hydrogen-bond donors (Lipinski definition) is 2. The molecular weight excluding hydrogens is 471 g/mol. The zero-order valence-electron chi connectivity index (χ0n) is 19.2. The second-order valence-corrected chi connectivity index (χ2v) is 10.1. The molecule has 0 radical (unpaired) electrons. The Bertz CT molecular complexity index is 1140. The monoisotopic (exact) mass is 499 g/mol. The summed E-state index contributed by atoms with van der Waals surface area (Å²) in [6.45, 7) is 4.63. The molecule has 186 valence electrons. The van der Waals surface area contributed by atoms with Gasteiger partial charge in [-0.25, -0.2) is 13.1 Å². The summed E-state index contributed by atoms with van der Waals surface area (Å²) in [7, 11) is -2.69. The lowest BCUT2D eigenvalue weighted by Crippen LogP contribution is -2.31. The molecule has 1 heterocycles. The van der Waals surface area contributed by atoms with Crippen LogP contribution in [0.5, 0.6) is 5.75 Å². The number of anilines is 2. The van der Waals surface area contributed by atoms with Crippen molar-refractivity contribution < 1.29 is 31.1 Å². The molecule has 0 atom stereocenters. The molecule has 1 saturated heterocycles. The minimum absolute atomic E-state index is 0.0160. The first-order valence-corrected chi connectivity index (χ1v) is 12.4. The number of piperidine rings is 1. The van der Waals surface area contributed by atoms with Crippen LogP contribution in [0.1, 0.15) is 49.0 Å². The highest BCUT2D eigenvalue weighted by Gasteiger charge is 2.32. The first-order chi connectivity index (χ1) is 15.9. The van der Waals surface area contributed by atoms with Crippen molar-refractivity contribution in [2.24, 2.45) is 0 Å². The maximum Gasteiger partial charge on any atom is 0.416 e. The number of nitrogens with zero attached hydrogens (tertiary/aromatic N) is 1. The van der Waals surface area contributed by atoms with Gasteiger partial charge in [-0.3, -0.25) is 4.79 Å². The zero-order valence-corrected chi connectivity index (χ0v) is 20.0. The van der Waals surface area contributed by atoms with Crippen molar-refractivity contribution in [3.8, 4) is 5.75 Å². The fraction of sp³-hybridized carbons (Fsp3) is 0.435. The molecule has 0 spiro atoms. The molecule has 34 heavy (non-hydrogen) atoms. The Hall–Kier alpha value is -2.79. The largest absolute Gasteiger partial charge is 0.495 e. The number of halogens is 3. The van der Waals surface area contributed by atoms with Crippen molar-refractivity contribution in [2.45, 2.75) is 50.2 Å². The molecule has 11 heteroatoms. The first-order valence-electron chi connectivity index (χ1n) is 10.9. The van der Waals surface area contributed by atoms with Gasteiger partial charge in [-0.05, 0) is 69.5 Å². The highest BCUT2D eigenvalue weighted by molar-refractivity contribution is 7.89. The number of amides is 1. The predicted octanol–water partition coefficient (Wildman–Crippen LogP) is 4.64. The lowest BCUT2D eigenvalue weighted by Gasteiger charge is -2.31. The molecule has 2 aromatic rings. The first kappa shape index (κ1) is 25.8. The van der Waals surface area contributed by atoms with Crippen LogP contribution >= 0.6 is 0 Å². The van der Waals surface area contributed by atoms with E-state index in [2.05, 4.69) is 10.0 Å². The zero-order chi connectivity index (χ0) is 25.1. The summed E-state index contributed by atoms with van der Waals surface area (Å²) in [5.41, 5.74) is -0.416. The molecule has 1 fully saturated rings. The number of carbonyl (C=O) groups excluding carboxylic acids is 1. The second kappa shape index (κ2) is 10.2. The van der Waals surface area contributed by atoms with Gasteiger partial charge < -0.3 is 15.0 Å². The predicted molar refractivity (Wildman–Crippen MR) is 124 cm³/mol. The van der Waals surface area contributed by atoms with Crippen LogP contribution in [0, 0.1) is 0 Å². The van der Waals surface area contributed by atoms with Crippen LogP contribution in [0.3, 0.4) is 0 Å². The third kappa shape index (κ3) is 6.01. The molecule has 2 N–H and O–H groups in total. The number of alkyl halides is 3. The Morgan fingerprint density at radius 3 is 2.32 bits per heavy atom. The van der Waals surface area contributed by atoms with Crippen molar-refractivity contribution in [2.75, 3.05) is 30.4 Å². The summed E-state index contributed by atoms with van der Waals surface area (Å²) >= 11 is 0. The van der Waals surface area contributed by atoms with Gasteiger partial charge in [-0.1, -0.05) is 0 Å². The third-order valence-electron chi connectivity index (χ3n) is 5.38. The number of rotatable bonds is 7. The summed E-state index contributed by atoms with van der Waals surface area (Å²) in [6, 6.07) is 6.70. The van der Waals surface area contributed by atoms with Crippen molar-refractivity contribution in [1.29, 1.82) is 0 Å². The molecule has 0 saturated carbocycles. The second-order valence-electron chi connectivity index (χ2n) is 8.37. The molecule has 0 aromatic heterocycles. The molecule has 2 aromatic carbocycles. The number of carbonyl (C=O) groups is 1. The standard InChI is InChI=1S/C23H28F3N3O4S/c1-15(2)28-34(31,32)21-13-16(7-10-20(21)33-3)22(30)27-18-14-17(23(24,25)26)8-9-19(18)29-11-5-4-6-12-29/h7-10,13-15,28H,4-6,11-12H2,1-3H3,(H,27,30). The van der Waals surface area contributed by atoms with E-state index in [1.807, 2.05) is 4.90 Å². The Labute approximate surface area is 197 Å². The van der Waals surface area contributed by atoms with Gasteiger partial charge in [0.05, 0.1) is 24.0 Å². The van der Waals surface area contributed by atoms with Crippen LogP contribution in [0.15, 0.2) is 41.3 Å². The van der Waals surface area contributed by atoms with E-state index in [0.29, 0.717) is 18.8 Å². The SMILES string of the molecule is COc1ccc(C(=O)Nc2cc(C(F)(F)F)ccc2N2CCCCC2)cc1S(=O)(=O)NC(C)C. The maximum atomic E-state index is 13.4. The quantitative estimate of drug-likeness (QED) is 0.580. The molecule has 0 aliphatic carbocycles. The Balaban J connectivity index is 1.99. The highest BCUT2D eigenvalue weighted by atomic mass is 32.2. The number of benzene rings is 2. The Kier molecular flexibility index (Phi) is 7.77. The summed E-state index contributed by atoms with van der Waals surface area (Å²) in [6.07, 6.45) is -1.75. The van der Waals surface area contributed by atoms with Crippen molar-refractivity contribution in [3.63, 3.8) is 0 Å². The van der Waals surface area contributed by atoms with E-state index in [0.717, 1.165) is 37.5 Å². The van der Waals surface area contributed by atoms with Crippen LogP contribution in [-0.4, -0.2) is 40.6 Å². The average Bonchev–Trinajstić information content (AvgIpc) is 2.77. The topological polar surface area (TPSA) is 87.7 Å². The van der Waals surface area contributed by atoms with Gasteiger partial charge in [0.25, 0.3) is 5.91 Å². The number of ether oxygens (including phenoxy) is 1. The van der Waals surface area contributed by atoms with Gasteiger partial charge in [0.2, 0.25) is 10.0 Å². The maximum absolute atomic E-state index is 13.4. The van der Waals surface area contributed by atoms with Gasteiger partial charge in [-0.2, -0.15) is 13.2 Å². The summed E-state index contributed by atoms with van der Waals surface area (Å²) in [4.78, 5) is 14.7. The van der Waals surface area contributed by atoms with Crippen molar-refractivity contribution in [3.05, 3.63) is 47.5 Å². The van der Waals surface area contributed by atoms with E-state index < -0.39 is 33.7 Å². The van der Waals surface area contributed by atoms with Gasteiger partial charge in [-0.15, -0.1) is 0 Å². The Morgan fingerprint density at radius 2 is 1.74 bits per heavy atom. The van der Waals surface area contributed by atoms with Crippen LogP contribution in [0.25, 0.3) is 0 Å². The number of methoxy groups -OCH3 is 1. The van der Waals surface area contributed by atoms with Gasteiger partial charge in [0, 0.05) is 24.7 Å². The third-order valence-corrected chi connectivity index (χ3v) is 7.05. The molecule has 7 nitrogen and oxygen atoms in total. The molecule has 1 amide bonds. The van der Waals surface area contributed by atoms with Gasteiger partial charge >= 0.3 is 6.18 Å². The van der Waals surface area contributed by atoms with E-state index >= 15 is 0 Å². The number of hydrogen-bond acceptors (Lipinski definition) is 5. The minimum atomic E-state index is -4.58. The summed E-state index contributed by atoms with van der Waals surface area (Å²) in [5.74, 6) is -0.695. The molecule has 0 unspecified atom stereocenters. The molecule has 1 aliphatic heterocycles. The minimum Gasteiger partial charge on any atom is -0.495 e. The lowest BCUT2D eigenvalue weighted by molar-refractivity contribution is -0.137.